The van der Waals surface area contributed by atoms with Crippen LogP contribution in [0.5, 0.6) is 5.75 Å². The Bertz CT molecular complexity index is 593. The summed E-state index contributed by atoms with van der Waals surface area (Å²) in [5.74, 6) is -1.20. The van der Waals surface area contributed by atoms with Crippen LogP contribution in [0, 0.1) is 13.8 Å². The molecule has 0 saturated carbocycles. The predicted octanol–water partition coefficient (Wildman–Crippen LogP) is 1.85. The summed E-state index contributed by atoms with van der Waals surface area (Å²) in [7, 11) is 0. The van der Waals surface area contributed by atoms with Gasteiger partial charge in [-0.25, -0.2) is 4.79 Å². The quantitative estimate of drug-likeness (QED) is 0.809. The summed E-state index contributed by atoms with van der Waals surface area (Å²) in [4.78, 5) is 24.1. The standard InChI is InChI=1S/C17H23NO5/c1-10-6-7-14(15(19)11(10)2)17(21)23-12(3)16(20)18-9-13-5-4-8-22-13/h6-7,12-13,19H,4-5,8-9H2,1-3H3,(H,18,20). The summed E-state index contributed by atoms with van der Waals surface area (Å²) in [5, 5.41) is 12.7. The molecule has 0 radical (unpaired) electrons. The monoisotopic (exact) mass is 321 g/mol. The third kappa shape index (κ3) is 4.22. The number of esters is 1. The molecule has 2 rings (SSSR count). The molecular weight excluding hydrogens is 298 g/mol. The van der Waals surface area contributed by atoms with Crippen molar-refractivity contribution in [1.29, 1.82) is 0 Å². The van der Waals surface area contributed by atoms with Crippen molar-refractivity contribution in [1.82, 2.24) is 5.32 Å². The number of carbonyl (C=O) groups is 2. The van der Waals surface area contributed by atoms with Crippen molar-refractivity contribution in [3.8, 4) is 5.75 Å². The summed E-state index contributed by atoms with van der Waals surface area (Å²) in [6, 6.07) is 3.23. The number of phenols is 1. The number of nitrogens with one attached hydrogen (secondary N) is 1. The average molecular weight is 321 g/mol. The molecule has 1 aliphatic heterocycles. The first kappa shape index (κ1) is 17.3. The fourth-order valence-electron chi connectivity index (χ4n) is 2.41. The Labute approximate surface area is 135 Å². The fourth-order valence-corrected chi connectivity index (χ4v) is 2.41. The second-order valence-corrected chi connectivity index (χ2v) is 5.83. The zero-order valence-corrected chi connectivity index (χ0v) is 13.7. The average Bonchev–Trinajstić information content (AvgIpc) is 3.03. The van der Waals surface area contributed by atoms with Crippen molar-refractivity contribution < 1.29 is 24.2 Å². The van der Waals surface area contributed by atoms with Gasteiger partial charge in [-0.3, -0.25) is 4.79 Å². The number of hydrogen-bond acceptors (Lipinski definition) is 5. The van der Waals surface area contributed by atoms with Crippen LogP contribution in [0.3, 0.4) is 0 Å². The number of rotatable bonds is 5. The van der Waals surface area contributed by atoms with Crippen LogP contribution in [0.15, 0.2) is 12.1 Å². The lowest BCUT2D eigenvalue weighted by atomic mass is 10.0. The molecule has 0 aromatic heterocycles. The van der Waals surface area contributed by atoms with Crippen LogP contribution in [0.2, 0.25) is 0 Å². The third-order valence-electron chi connectivity index (χ3n) is 4.10. The Morgan fingerprint density at radius 3 is 2.83 bits per heavy atom. The van der Waals surface area contributed by atoms with E-state index >= 15 is 0 Å². The number of hydrogen-bond donors (Lipinski definition) is 2. The van der Waals surface area contributed by atoms with E-state index in [9.17, 15) is 14.7 Å². The lowest BCUT2D eigenvalue weighted by Crippen LogP contribution is -2.39. The van der Waals surface area contributed by atoms with Gasteiger partial charge in [0, 0.05) is 13.2 Å². The minimum Gasteiger partial charge on any atom is -0.507 e. The van der Waals surface area contributed by atoms with E-state index in [1.165, 1.54) is 13.0 Å². The largest absolute Gasteiger partial charge is 0.507 e. The smallest absolute Gasteiger partial charge is 0.342 e. The molecule has 0 aliphatic carbocycles. The second-order valence-electron chi connectivity index (χ2n) is 5.83. The third-order valence-corrected chi connectivity index (χ3v) is 4.10. The molecule has 1 aliphatic rings. The van der Waals surface area contributed by atoms with Crippen molar-refractivity contribution in [2.24, 2.45) is 0 Å². The van der Waals surface area contributed by atoms with Crippen LogP contribution >= 0.6 is 0 Å². The van der Waals surface area contributed by atoms with Crippen molar-refractivity contribution in [2.75, 3.05) is 13.2 Å². The maximum atomic E-state index is 12.1. The number of amides is 1. The molecule has 1 saturated heterocycles. The van der Waals surface area contributed by atoms with Gasteiger partial charge >= 0.3 is 5.97 Å². The minimum absolute atomic E-state index is 0.0330. The van der Waals surface area contributed by atoms with E-state index in [4.69, 9.17) is 9.47 Å². The summed E-state index contributed by atoms with van der Waals surface area (Å²) in [6.45, 7) is 6.19. The highest BCUT2D eigenvalue weighted by Crippen LogP contribution is 2.25. The molecule has 6 nitrogen and oxygen atoms in total. The molecular formula is C17H23NO5. The highest BCUT2D eigenvalue weighted by atomic mass is 16.5. The molecule has 2 atom stereocenters. The van der Waals surface area contributed by atoms with Gasteiger partial charge in [-0.1, -0.05) is 6.07 Å². The highest BCUT2D eigenvalue weighted by Gasteiger charge is 2.23. The minimum atomic E-state index is -0.940. The molecule has 1 fully saturated rings. The lowest BCUT2D eigenvalue weighted by molar-refractivity contribution is -0.129. The van der Waals surface area contributed by atoms with E-state index in [0.29, 0.717) is 12.1 Å². The van der Waals surface area contributed by atoms with Gasteiger partial charge in [-0.15, -0.1) is 0 Å². The van der Waals surface area contributed by atoms with Crippen molar-refractivity contribution >= 4 is 11.9 Å². The van der Waals surface area contributed by atoms with E-state index in [1.54, 1.807) is 13.0 Å². The number of aromatic hydroxyl groups is 1. The molecule has 1 aromatic rings. The molecule has 1 amide bonds. The van der Waals surface area contributed by atoms with Gasteiger partial charge in [0.15, 0.2) is 6.10 Å². The Balaban J connectivity index is 1.91. The maximum absolute atomic E-state index is 12.1. The Kier molecular flexibility index (Phi) is 5.60. The van der Waals surface area contributed by atoms with E-state index in [2.05, 4.69) is 5.32 Å². The fraction of sp³-hybridized carbons (Fsp3) is 0.529. The van der Waals surface area contributed by atoms with E-state index < -0.39 is 12.1 Å². The van der Waals surface area contributed by atoms with Crippen LogP contribution in [-0.4, -0.2) is 42.3 Å². The van der Waals surface area contributed by atoms with Crippen molar-refractivity contribution in [3.63, 3.8) is 0 Å². The molecule has 1 heterocycles. The van der Waals surface area contributed by atoms with Crippen molar-refractivity contribution in [3.05, 3.63) is 28.8 Å². The van der Waals surface area contributed by atoms with Gasteiger partial charge < -0.3 is 19.9 Å². The van der Waals surface area contributed by atoms with Gasteiger partial charge in [0.1, 0.15) is 11.3 Å². The first-order chi connectivity index (χ1) is 10.9. The zero-order chi connectivity index (χ0) is 17.0. The molecule has 0 spiro atoms. The Hall–Kier alpha value is -2.08. The molecule has 6 heteroatoms. The first-order valence-corrected chi connectivity index (χ1v) is 7.79. The zero-order valence-electron chi connectivity index (χ0n) is 13.7. The summed E-state index contributed by atoms with van der Waals surface area (Å²) in [6.07, 6.45) is 1.01. The maximum Gasteiger partial charge on any atom is 0.342 e. The van der Waals surface area contributed by atoms with Gasteiger partial charge in [-0.05, 0) is 50.8 Å². The van der Waals surface area contributed by atoms with Crippen LogP contribution in [0.4, 0.5) is 0 Å². The number of carbonyl (C=O) groups excluding carboxylic acids is 2. The summed E-state index contributed by atoms with van der Waals surface area (Å²) in [5.41, 5.74) is 1.56. The molecule has 23 heavy (non-hydrogen) atoms. The number of phenolic OH excluding ortho intramolecular Hbond substituents is 1. The summed E-state index contributed by atoms with van der Waals surface area (Å²) < 4.78 is 10.6. The van der Waals surface area contributed by atoms with Gasteiger partial charge in [0.05, 0.1) is 6.10 Å². The number of aryl methyl sites for hydroxylation is 1. The Morgan fingerprint density at radius 1 is 1.43 bits per heavy atom. The SMILES string of the molecule is Cc1ccc(C(=O)OC(C)C(=O)NCC2CCCO2)c(O)c1C. The van der Waals surface area contributed by atoms with Gasteiger partial charge in [0.2, 0.25) is 0 Å². The normalized spacial score (nSPS) is 18.5. The van der Waals surface area contributed by atoms with Gasteiger partial charge in [-0.2, -0.15) is 0 Å². The van der Waals surface area contributed by atoms with Crippen molar-refractivity contribution in [2.45, 2.75) is 45.8 Å². The number of benzene rings is 1. The number of ether oxygens (including phenoxy) is 2. The van der Waals surface area contributed by atoms with Crippen LogP contribution < -0.4 is 5.32 Å². The topological polar surface area (TPSA) is 84.9 Å². The molecule has 2 unspecified atom stereocenters. The van der Waals surface area contributed by atoms with E-state index in [-0.39, 0.29) is 23.3 Å². The van der Waals surface area contributed by atoms with Crippen LogP contribution in [-0.2, 0) is 14.3 Å². The highest BCUT2D eigenvalue weighted by molar-refractivity contribution is 5.95. The van der Waals surface area contributed by atoms with E-state index in [1.807, 2.05) is 6.92 Å². The van der Waals surface area contributed by atoms with Crippen LogP contribution in [0.1, 0.15) is 41.3 Å². The second kappa shape index (κ2) is 7.46. The lowest BCUT2D eigenvalue weighted by Gasteiger charge is -2.16. The van der Waals surface area contributed by atoms with Gasteiger partial charge in [0.25, 0.3) is 5.91 Å². The molecule has 2 N–H and O–H groups in total. The Morgan fingerprint density at radius 2 is 2.17 bits per heavy atom. The molecule has 126 valence electrons. The predicted molar refractivity (Wildman–Crippen MR) is 84.4 cm³/mol. The first-order valence-electron chi connectivity index (χ1n) is 7.79. The van der Waals surface area contributed by atoms with Crippen LogP contribution in [0.25, 0.3) is 0 Å². The molecule has 0 bridgehead atoms. The molecule has 1 aromatic carbocycles. The van der Waals surface area contributed by atoms with E-state index in [0.717, 1.165) is 25.0 Å². The summed E-state index contributed by atoms with van der Waals surface area (Å²) >= 11 is 0.